The fraction of sp³-hybridized carbons (Fsp3) is 0.632. The molecular weight excluding hydrogens is 336 g/mol. The molecule has 5 nitrogen and oxygen atoms in total. The van der Waals surface area contributed by atoms with E-state index in [2.05, 4.69) is 9.97 Å². The number of rotatable bonds is 5. The van der Waals surface area contributed by atoms with Crippen molar-refractivity contribution >= 4 is 27.5 Å². The van der Waals surface area contributed by atoms with Gasteiger partial charge >= 0.3 is 5.97 Å². The van der Waals surface area contributed by atoms with Gasteiger partial charge in [-0.25, -0.2) is 9.97 Å². The molecule has 2 aromatic rings. The highest BCUT2D eigenvalue weighted by molar-refractivity contribution is 7.19. The van der Waals surface area contributed by atoms with E-state index in [0.717, 1.165) is 35.9 Å². The normalized spacial score (nSPS) is 20.6. The molecule has 0 aliphatic heterocycles. The lowest BCUT2D eigenvalue weighted by Gasteiger charge is -2.23. The molecule has 1 atom stereocenters. The number of aryl methyl sites for hydroxylation is 1. The van der Waals surface area contributed by atoms with Crippen LogP contribution in [0.3, 0.4) is 0 Å². The summed E-state index contributed by atoms with van der Waals surface area (Å²) in [6.07, 6.45) is 10.3. The van der Waals surface area contributed by atoms with Crippen molar-refractivity contribution in [2.45, 2.75) is 70.3 Å². The summed E-state index contributed by atoms with van der Waals surface area (Å²) in [6, 6.07) is 0. The Balaban J connectivity index is 1.65. The minimum absolute atomic E-state index is 0.119. The van der Waals surface area contributed by atoms with Crippen LogP contribution >= 0.6 is 11.3 Å². The minimum Gasteiger partial charge on any atom is -0.474 e. The third kappa shape index (κ3) is 3.36. The smallest absolute Gasteiger partial charge is 0.306 e. The summed E-state index contributed by atoms with van der Waals surface area (Å²) in [6.45, 7) is 2.28. The zero-order chi connectivity index (χ0) is 17.2. The molecule has 0 bridgehead atoms. The topological polar surface area (TPSA) is 61.3 Å². The summed E-state index contributed by atoms with van der Waals surface area (Å²) in [5.74, 6) is 0.791. The van der Waals surface area contributed by atoms with Gasteiger partial charge in [0.15, 0.2) is 0 Å². The molecule has 2 aliphatic carbocycles. The van der Waals surface area contributed by atoms with Crippen molar-refractivity contribution in [1.29, 1.82) is 0 Å². The Kier molecular flexibility index (Phi) is 4.88. The first-order valence-electron chi connectivity index (χ1n) is 9.34. The standard InChI is InChI=1S/C19H24N2O3S/c1-2-23-15(22)10-12-8-9-14-16(12)17-18(20-11-21-19(17)25-14)24-13-6-4-3-5-7-13/h11-13H,2-10H2,1H3. The molecule has 2 aliphatic rings. The highest BCUT2D eigenvalue weighted by atomic mass is 32.1. The molecule has 134 valence electrons. The quantitative estimate of drug-likeness (QED) is 0.740. The fourth-order valence-corrected chi connectivity index (χ4v) is 5.33. The Hall–Kier alpha value is -1.69. The molecule has 1 unspecified atom stereocenters. The van der Waals surface area contributed by atoms with Gasteiger partial charge < -0.3 is 9.47 Å². The number of aromatic nitrogens is 2. The van der Waals surface area contributed by atoms with Crippen LogP contribution in [0.25, 0.3) is 10.2 Å². The van der Waals surface area contributed by atoms with E-state index in [1.165, 1.54) is 29.7 Å². The van der Waals surface area contributed by atoms with Crippen LogP contribution in [0.5, 0.6) is 5.88 Å². The van der Waals surface area contributed by atoms with Gasteiger partial charge in [-0.2, -0.15) is 0 Å². The Morgan fingerprint density at radius 1 is 1.24 bits per heavy atom. The first-order chi connectivity index (χ1) is 12.3. The van der Waals surface area contributed by atoms with Crippen molar-refractivity contribution in [2.75, 3.05) is 6.61 Å². The Morgan fingerprint density at radius 2 is 2.08 bits per heavy atom. The summed E-state index contributed by atoms with van der Waals surface area (Å²) >= 11 is 1.72. The second kappa shape index (κ2) is 7.28. The molecule has 1 saturated carbocycles. The molecule has 0 N–H and O–H groups in total. The highest BCUT2D eigenvalue weighted by Crippen LogP contribution is 2.47. The molecular formula is C19H24N2O3S. The van der Waals surface area contributed by atoms with Gasteiger partial charge in [-0.15, -0.1) is 11.3 Å². The van der Waals surface area contributed by atoms with Gasteiger partial charge in [-0.05, 0) is 56.9 Å². The molecule has 2 heterocycles. The monoisotopic (exact) mass is 360 g/mol. The molecule has 2 aromatic heterocycles. The summed E-state index contributed by atoms with van der Waals surface area (Å²) in [7, 11) is 0. The van der Waals surface area contributed by atoms with Gasteiger partial charge in [-0.1, -0.05) is 6.42 Å². The average Bonchev–Trinajstić information content (AvgIpc) is 3.16. The Bertz CT molecular complexity index is 767. The summed E-state index contributed by atoms with van der Waals surface area (Å²) in [5.41, 5.74) is 1.24. The van der Waals surface area contributed by atoms with Gasteiger partial charge in [0, 0.05) is 4.88 Å². The van der Waals surface area contributed by atoms with Crippen LogP contribution in [-0.2, 0) is 16.0 Å². The molecule has 0 spiro atoms. The third-order valence-corrected chi connectivity index (χ3v) is 6.42. The van der Waals surface area contributed by atoms with Gasteiger partial charge in [0.05, 0.1) is 18.4 Å². The summed E-state index contributed by atoms with van der Waals surface area (Å²) in [4.78, 5) is 23.2. The number of hydrogen-bond acceptors (Lipinski definition) is 6. The van der Waals surface area contributed by atoms with Gasteiger partial charge in [0.2, 0.25) is 5.88 Å². The molecule has 0 radical (unpaired) electrons. The van der Waals surface area contributed by atoms with E-state index in [9.17, 15) is 4.79 Å². The lowest BCUT2D eigenvalue weighted by atomic mass is 9.97. The van der Waals surface area contributed by atoms with Crippen LogP contribution < -0.4 is 4.74 Å². The number of esters is 1. The molecule has 1 fully saturated rings. The maximum absolute atomic E-state index is 12.0. The number of fused-ring (bicyclic) bond motifs is 3. The number of nitrogens with zero attached hydrogens (tertiary/aromatic N) is 2. The average molecular weight is 360 g/mol. The number of ether oxygens (including phenoxy) is 2. The number of thiophene rings is 1. The SMILES string of the molecule is CCOC(=O)CC1CCc2sc3ncnc(OC4CCCCC4)c3c21. The van der Waals surface area contributed by atoms with E-state index < -0.39 is 0 Å². The molecule has 0 saturated heterocycles. The maximum atomic E-state index is 12.0. The number of hydrogen-bond donors (Lipinski definition) is 0. The van der Waals surface area contributed by atoms with Crippen molar-refractivity contribution in [3.63, 3.8) is 0 Å². The van der Waals surface area contributed by atoms with E-state index in [0.29, 0.717) is 18.9 Å². The van der Waals surface area contributed by atoms with Gasteiger partial charge in [0.1, 0.15) is 17.3 Å². The number of carbonyl (C=O) groups excluding carboxylic acids is 1. The highest BCUT2D eigenvalue weighted by Gasteiger charge is 2.32. The third-order valence-electron chi connectivity index (χ3n) is 5.24. The van der Waals surface area contributed by atoms with E-state index in [1.807, 2.05) is 6.92 Å². The Morgan fingerprint density at radius 3 is 2.88 bits per heavy atom. The molecule has 0 aromatic carbocycles. The van der Waals surface area contributed by atoms with Crippen molar-refractivity contribution in [2.24, 2.45) is 0 Å². The summed E-state index contributed by atoms with van der Waals surface area (Å²) < 4.78 is 11.5. The predicted octanol–water partition coefficient (Wildman–Crippen LogP) is 4.39. The van der Waals surface area contributed by atoms with Crippen molar-refractivity contribution in [3.05, 3.63) is 16.8 Å². The first kappa shape index (κ1) is 16.8. The van der Waals surface area contributed by atoms with Crippen LogP contribution in [0.1, 0.15) is 68.2 Å². The number of carbonyl (C=O) groups is 1. The van der Waals surface area contributed by atoms with Crippen molar-refractivity contribution in [1.82, 2.24) is 9.97 Å². The van der Waals surface area contributed by atoms with Crippen molar-refractivity contribution < 1.29 is 14.3 Å². The lowest BCUT2D eigenvalue weighted by molar-refractivity contribution is -0.143. The van der Waals surface area contributed by atoms with Crippen LogP contribution in [0.4, 0.5) is 0 Å². The largest absolute Gasteiger partial charge is 0.474 e. The zero-order valence-electron chi connectivity index (χ0n) is 14.6. The van der Waals surface area contributed by atoms with Crippen LogP contribution in [0.2, 0.25) is 0 Å². The second-order valence-corrected chi connectivity index (χ2v) is 8.00. The fourth-order valence-electron chi connectivity index (χ4n) is 4.10. The summed E-state index contributed by atoms with van der Waals surface area (Å²) in [5, 5.41) is 1.04. The molecule has 4 rings (SSSR count). The van der Waals surface area contributed by atoms with Crippen LogP contribution in [0.15, 0.2) is 6.33 Å². The van der Waals surface area contributed by atoms with E-state index >= 15 is 0 Å². The van der Waals surface area contributed by atoms with Gasteiger partial charge in [0.25, 0.3) is 0 Å². The molecule has 6 heteroatoms. The Labute approximate surface area is 151 Å². The van der Waals surface area contributed by atoms with E-state index in [4.69, 9.17) is 9.47 Å². The zero-order valence-corrected chi connectivity index (χ0v) is 15.4. The first-order valence-corrected chi connectivity index (χ1v) is 10.2. The minimum atomic E-state index is -0.119. The molecule has 25 heavy (non-hydrogen) atoms. The predicted molar refractivity (Wildman–Crippen MR) is 97.2 cm³/mol. The maximum Gasteiger partial charge on any atom is 0.306 e. The van der Waals surface area contributed by atoms with Crippen molar-refractivity contribution in [3.8, 4) is 5.88 Å². The second-order valence-electron chi connectivity index (χ2n) is 6.92. The van der Waals surface area contributed by atoms with Crippen LogP contribution in [-0.4, -0.2) is 28.6 Å². The molecule has 0 amide bonds. The van der Waals surface area contributed by atoms with Crippen LogP contribution in [0, 0.1) is 0 Å². The van der Waals surface area contributed by atoms with Gasteiger partial charge in [-0.3, -0.25) is 4.79 Å². The van der Waals surface area contributed by atoms with E-state index in [1.54, 1.807) is 17.7 Å². The lowest BCUT2D eigenvalue weighted by Crippen LogP contribution is -2.20. The van der Waals surface area contributed by atoms with E-state index in [-0.39, 0.29) is 18.0 Å².